The van der Waals surface area contributed by atoms with Crippen LogP contribution >= 0.6 is 0 Å². The van der Waals surface area contributed by atoms with Crippen LogP contribution in [0.25, 0.3) is 0 Å². The third-order valence-electron chi connectivity index (χ3n) is 4.20. The van der Waals surface area contributed by atoms with Gasteiger partial charge in [0.25, 0.3) is 0 Å². The van der Waals surface area contributed by atoms with E-state index in [1.165, 1.54) is 19.3 Å². The van der Waals surface area contributed by atoms with Gasteiger partial charge < -0.3 is 4.74 Å². The van der Waals surface area contributed by atoms with Gasteiger partial charge in [0.1, 0.15) is 0 Å². The van der Waals surface area contributed by atoms with Crippen LogP contribution in [0.1, 0.15) is 39.5 Å². The first-order valence-electron chi connectivity index (χ1n) is 6.90. The molecule has 3 nitrogen and oxygen atoms in total. The topological polar surface area (TPSA) is 29.5 Å². The van der Waals surface area contributed by atoms with E-state index in [0.29, 0.717) is 24.3 Å². The molecule has 0 bridgehead atoms. The maximum absolute atomic E-state index is 12.1. The number of hydrogen-bond acceptors (Lipinski definition) is 3. The molecule has 17 heavy (non-hydrogen) atoms. The summed E-state index contributed by atoms with van der Waals surface area (Å²) in [6.07, 6.45) is 4.64. The third kappa shape index (κ3) is 3.78. The fourth-order valence-corrected chi connectivity index (χ4v) is 2.77. The number of nitrogens with zero attached hydrogens (tertiary/aromatic N) is 1. The Kier molecular flexibility index (Phi) is 4.21. The Hall–Kier alpha value is -0.410. The zero-order valence-corrected chi connectivity index (χ0v) is 11.2. The third-order valence-corrected chi connectivity index (χ3v) is 4.20. The predicted molar refractivity (Wildman–Crippen MR) is 68.0 cm³/mol. The highest BCUT2D eigenvalue weighted by Gasteiger charge is 2.27. The van der Waals surface area contributed by atoms with Crippen LogP contribution in [0.5, 0.6) is 0 Å². The van der Waals surface area contributed by atoms with Crippen LogP contribution in [0.4, 0.5) is 0 Å². The van der Waals surface area contributed by atoms with Crippen LogP contribution in [0.15, 0.2) is 0 Å². The maximum Gasteiger partial charge on any atom is 0.152 e. The Morgan fingerprint density at radius 3 is 2.88 bits per heavy atom. The highest BCUT2D eigenvalue weighted by Crippen LogP contribution is 2.29. The van der Waals surface area contributed by atoms with Crippen molar-refractivity contribution in [1.82, 2.24) is 4.90 Å². The second-order valence-corrected chi connectivity index (χ2v) is 6.32. The zero-order chi connectivity index (χ0) is 12.3. The molecule has 2 heterocycles. The van der Waals surface area contributed by atoms with E-state index in [1.54, 1.807) is 0 Å². The van der Waals surface area contributed by atoms with Crippen molar-refractivity contribution in [2.75, 3.05) is 32.8 Å². The van der Waals surface area contributed by atoms with Crippen molar-refractivity contribution in [1.29, 1.82) is 0 Å². The molecule has 0 aromatic carbocycles. The predicted octanol–water partition coefficient (Wildman–Crippen LogP) is 2.10. The molecule has 3 heteroatoms. The molecule has 0 radical (unpaired) electrons. The standard InChI is InChI=1S/C14H25NO2/c1-14(2)5-3-7-15(8-6-14)10-13(16)12-4-9-17-11-12/h12H,3-11H2,1-2H3. The summed E-state index contributed by atoms with van der Waals surface area (Å²) in [6.45, 7) is 8.90. The molecular weight excluding hydrogens is 214 g/mol. The Morgan fingerprint density at radius 2 is 2.18 bits per heavy atom. The molecule has 0 aromatic heterocycles. The summed E-state index contributed by atoms with van der Waals surface area (Å²) < 4.78 is 5.29. The molecule has 2 fully saturated rings. The molecule has 0 spiro atoms. The fraction of sp³-hybridized carbons (Fsp3) is 0.929. The van der Waals surface area contributed by atoms with Gasteiger partial charge in [-0.2, -0.15) is 0 Å². The van der Waals surface area contributed by atoms with Crippen LogP contribution in [0.3, 0.4) is 0 Å². The molecular formula is C14H25NO2. The van der Waals surface area contributed by atoms with Gasteiger partial charge in [0.05, 0.1) is 13.2 Å². The lowest BCUT2D eigenvalue weighted by Crippen LogP contribution is -2.34. The summed E-state index contributed by atoms with van der Waals surface area (Å²) in [5.41, 5.74) is 0.453. The molecule has 98 valence electrons. The first kappa shape index (κ1) is 13.0. The minimum atomic E-state index is 0.172. The number of carbonyl (C=O) groups is 1. The number of rotatable bonds is 3. The molecule has 2 saturated heterocycles. The van der Waals surface area contributed by atoms with Crippen molar-refractivity contribution in [2.45, 2.75) is 39.5 Å². The fourth-order valence-electron chi connectivity index (χ4n) is 2.77. The molecule has 2 rings (SSSR count). The van der Waals surface area contributed by atoms with Crippen LogP contribution < -0.4 is 0 Å². The van der Waals surface area contributed by atoms with Crippen molar-refractivity contribution >= 4 is 5.78 Å². The Bertz CT molecular complexity index is 269. The molecule has 1 unspecified atom stereocenters. The quantitative estimate of drug-likeness (QED) is 0.755. The van der Waals surface area contributed by atoms with Gasteiger partial charge in [0, 0.05) is 12.5 Å². The van der Waals surface area contributed by atoms with E-state index in [9.17, 15) is 4.79 Å². The van der Waals surface area contributed by atoms with Crippen molar-refractivity contribution in [3.8, 4) is 0 Å². The van der Waals surface area contributed by atoms with Crippen LogP contribution in [0.2, 0.25) is 0 Å². The summed E-state index contributed by atoms with van der Waals surface area (Å²) in [5, 5.41) is 0. The number of Topliss-reactive ketones (excluding diaryl/α,β-unsaturated/α-hetero) is 1. The lowest BCUT2D eigenvalue weighted by molar-refractivity contribution is -0.124. The second-order valence-electron chi connectivity index (χ2n) is 6.32. The average molecular weight is 239 g/mol. The number of hydrogen-bond donors (Lipinski definition) is 0. The molecule has 2 aliphatic rings. The van der Waals surface area contributed by atoms with E-state index in [-0.39, 0.29) is 5.92 Å². The summed E-state index contributed by atoms with van der Waals surface area (Å²) in [7, 11) is 0. The smallest absolute Gasteiger partial charge is 0.152 e. The lowest BCUT2D eigenvalue weighted by Gasteiger charge is -2.23. The van der Waals surface area contributed by atoms with Crippen LogP contribution in [-0.4, -0.2) is 43.5 Å². The number of likely N-dealkylation sites (tertiary alicyclic amines) is 1. The summed E-state index contributed by atoms with van der Waals surface area (Å²) in [4.78, 5) is 14.4. The van der Waals surface area contributed by atoms with Gasteiger partial charge in [-0.3, -0.25) is 9.69 Å². The average Bonchev–Trinajstić information content (AvgIpc) is 2.73. The minimum Gasteiger partial charge on any atom is -0.381 e. The van der Waals surface area contributed by atoms with E-state index in [2.05, 4.69) is 18.7 Å². The zero-order valence-electron chi connectivity index (χ0n) is 11.2. The van der Waals surface area contributed by atoms with Crippen molar-refractivity contribution in [2.24, 2.45) is 11.3 Å². The van der Waals surface area contributed by atoms with Crippen molar-refractivity contribution in [3.63, 3.8) is 0 Å². The molecule has 1 atom stereocenters. The normalized spacial score (nSPS) is 30.1. The summed E-state index contributed by atoms with van der Waals surface area (Å²) in [6, 6.07) is 0. The van der Waals surface area contributed by atoms with Crippen LogP contribution in [-0.2, 0) is 9.53 Å². The molecule has 2 aliphatic heterocycles. The highest BCUT2D eigenvalue weighted by molar-refractivity contribution is 5.83. The summed E-state index contributed by atoms with van der Waals surface area (Å²) >= 11 is 0. The van der Waals surface area contributed by atoms with E-state index in [0.717, 1.165) is 26.1 Å². The molecule has 0 saturated carbocycles. The van der Waals surface area contributed by atoms with Gasteiger partial charge in [0.2, 0.25) is 0 Å². The molecule has 0 amide bonds. The van der Waals surface area contributed by atoms with Crippen molar-refractivity contribution in [3.05, 3.63) is 0 Å². The molecule has 0 aromatic rings. The van der Waals surface area contributed by atoms with Crippen LogP contribution in [0, 0.1) is 11.3 Å². The highest BCUT2D eigenvalue weighted by atomic mass is 16.5. The van der Waals surface area contributed by atoms with E-state index >= 15 is 0 Å². The largest absolute Gasteiger partial charge is 0.381 e. The first-order chi connectivity index (χ1) is 8.07. The molecule has 0 aliphatic carbocycles. The monoisotopic (exact) mass is 239 g/mol. The minimum absolute atomic E-state index is 0.172. The SMILES string of the molecule is CC1(C)CCCN(CC(=O)C2CCOC2)CC1. The van der Waals surface area contributed by atoms with Gasteiger partial charge in [-0.25, -0.2) is 0 Å². The van der Waals surface area contributed by atoms with E-state index < -0.39 is 0 Å². The van der Waals surface area contributed by atoms with Gasteiger partial charge in [0.15, 0.2) is 5.78 Å². The van der Waals surface area contributed by atoms with Gasteiger partial charge in [-0.15, -0.1) is 0 Å². The Balaban J connectivity index is 1.80. The Labute approximate surface area is 105 Å². The van der Waals surface area contributed by atoms with Gasteiger partial charge in [-0.05, 0) is 44.2 Å². The Morgan fingerprint density at radius 1 is 1.35 bits per heavy atom. The van der Waals surface area contributed by atoms with Gasteiger partial charge >= 0.3 is 0 Å². The first-order valence-corrected chi connectivity index (χ1v) is 6.90. The number of ether oxygens (including phenoxy) is 1. The van der Waals surface area contributed by atoms with E-state index in [4.69, 9.17) is 4.74 Å². The summed E-state index contributed by atoms with van der Waals surface area (Å²) in [5.74, 6) is 0.563. The van der Waals surface area contributed by atoms with Gasteiger partial charge in [-0.1, -0.05) is 13.8 Å². The van der Waals surface area contributed by atoms with Crippen molar-refractivity contribution < 1.29 is 9.53 Å². The second kappa shape index (κ2) is 5.49. The number of carbonyl (C=O) groups excluding carboxylic acids is 1. The number of ketones is 1. The molecule has 0 N–H and O–H groups in total. The van der Waals surface area contributed by atoms with E-state index in [1.807, 2.05) is 0 Å². The maximum atomic E-state index is 12.1. The lowest BCUT2D eigenvalue weighted by atomic mass is 9.85.